The molecule has 0 bridgehead atoms. The molecule has 5 nitrogen and oxygen atoms in total. The summed E-state index contributed by atoms with van der Waals surface area (Å²) in [6.07, 6.45) is 3.83. The van der Waals surface area contributed by atoms with E-state index in [1.54, 1.807) is 0 Å². The van der Waals surface area contributed by atoms with Crippen LogP contribution in [0.25, 0.3) is 12.2 Å². The predicted molar refractivity (Wildman–Crippen MR) is 99.1 cm³/mol. The van der Waals surface area contributed by atoms with Crippen molar-refractivity contribution in [1.29, 1.82) is 0 Å². The third kappa shape index (κ3) is 4.50. The van der Waals surface area contributed by atoms with Gasteiger partial charge in [0, 0.05) is 5.69 Å². The van der Waals surface area contributed by atoms with Crippen LogP contribution in [0.3, 0.4) is 0 Å². The van der Waals surface area contributed by atoms with Gasteiger partial charge in [-0.3, -0.25) is 5.32 Å². The standard InChI is InChI=1S/C18H16N4OS/c1-13-7-10-15(11-8-13)19-17(23)20-18-22-21-16(24-18)12-9-14-5-3-2-4-6-14/h2-12H,1H3,(H2,19,20,22,23). The molecule has 0 saturated carbocycles. The van der Waals surface area contributed by atoms with Crippen LogP contribution in [0.5, 0.6) is 0 Å². The van der Waals surface area contributed by atoms with Crippen LogP contribution in [0, 0.1) is 6.92 Å². The Bertz CT molecular complexity index is 841. The molecule has 0 atom stereocenters. The van der Waals surface area contributed by atoms with Gasteiger partial charge in [-0.25, -0.2) is 4.79 Å². The summed E-state index contributed by atoms with van der Waals surface area (Å²) >= 11 is 1.31. The van der Waals surface area contributed by atoms with Crippen LogP contribution < -0.4 is 10.6 Å². The SMILES string of the molecule is Cc1ccc(NC(=O)Nc2nnc(C=Cc3ccccc3)s2)cc1. The summed E-state index contributed by atoms with van der Waals surface area (Å²) in [4.78, 5) is 12.0. The van der Waals surface area contributed by atoms with E-state index in [0.717, 1.165) is 21.8 Å². The smallest absolute Gasteiger partial charge is 0.308 e. The van der Waals surface area contributed by atoms with Crippen LogP contribution in [0.1, 0.15) is 16.1 Å². The van der Waals surface area contributed by atoms with Gasteiger partial charge in [0.05, 0.1) is 0 Å². The molecule has 2 N–H and O–H groups in total. The molecule has 120 valence electrons. The molecule has 0 aliphatic rings. The van der Waals surface area contributed by atoms with E-state index in [1.807, 2.05) is 73.7 Å². The lowest BCUT2D eigenvalue weighted by atomic mass is 10.2. The van der Waals surface area contributed by atoms with Crippen LogP contribution in [0.4, 0.5) is 15.6 Å². The Morgan fingerprint density at radius 2 is 1.71 bits per heavy atom. The third-order valence-corrected chi connectivity index (χ3v) is 3.99. The van der Waals surface area contributed by atoms with Gasteiger partial charge in [-0.1, -0.05) is 65.4 Å². The summed E-state index contributed by atoms with van der Waals surface area (Å²) in [7, 11) is 0. The van der Waals surface area contributed by atoms with Crippen LogP contribution >= 0.6 is 11.3 Å². The zero-order valence-electron chi connectivity index (χ0n) is 13.1. The lowest BCUT2D eigenvalue weighted by Gasteiger charge is -2.04. The average molecular weight is 336 g/mol. The summed E-state index contributed by atoms with van der Waals surface area (Å²) in [6, 6.07) is 17.2. The molecule has 6 heteroatoms. The molecule has 3 rings (SSSR count). The van der Waals surface area contributed by atoms with Crippen molar-refractivity contribution in [2.75, 3.05) is 10.6 Å². The van der Waals surface area contributed by atoms with Gasteiger partial charge in [0.2, 0.25) is 5.13 Å². The van der Waals surface area contributed by atoms with E-state index in [1.165, 1.54) is 11.3 Å². The third-order valence-electron chi connectivity index (χ3n) is 3.19. The molecule has 1 heterocycles. The number of aryl methyl sites for hydroxylation is 1. The number of urea groups is 1. The highest BCUT2D eigenvalue weighted by Crippen LogP contribution is 2.18. The van der Waals surface area contributed by atoms with Crippen molar-refractivity contribution in [3.8, 4) is 0 Å². The Balaban J connectivity index is 1.58. The van der Waals surface area contributed by atoms with E-state index in [4.69, 9.17) is 0 Å². The summed E-state index contributed by atoms with van der Waals surface area (Å²) < 4.78 is 0. The number of benzene rings is 2. The first-order valence-corrected chi connectivity index (χ1v) is 8.22. The quantitative estimate of drug-likeness (QED) is 0.728. The predicted octanol–water partition coefficient (Wildman–Crippen LogP) is 4.66. The number of nitrogens with zero attached hydrogens (tertiary/aromatic N) is 2. The second-order valence-corrected chi connectivity index (χ2v) is 6.14. The van der Waals surface area contributed by atoms with Gasteiger partial charge < -0.3 is 5.32 Å². The van der Waals surface area contributed by atoms with E-state index in [-0.39, 0.29) is 6.03 Å². The number of rotatable bonds is 4. The van der Waals surface area contributed by atoms with Crippen molar-refractivity contribution in [3.63, 3.8) is 0 Å². The van der Waals surface area contributed by atoms with Crippen LogP contribution in [-0.4, -0.2) is 16.2 Å². The largest absolute Gasteiger partial charge is 0.325 e. The van der Waals surface area contributed by atoms with E-state index in [0.29, 0.717) is 5.13 Å². The van der Waals surface area contributed by atoms with Crippen LogP contribution in [0.2, 0.25) is 0 Å². The minimum atomic E-state index is -0.339. The average Bonchev–Trinajstić information content (AvgIpc) is 3.03. The maximum atomic E-state index is 12.0. The number of nitrogens with one attached hydrogen (secondary N) is 2. The first-order valence-electron chi connectivity index (χ1n) is 7.40. The van der Waals surface area contributed by atoms with Gasteiger partial charge in [-0.05, 0) is 30.7 Å². The highest BCUT2D eigenvalue weighted by molar-refractivity contribution is 7.16. The number of anilines is 2. The van der Waals surface area contributed by atoms with E-state index in [2.05, 4.69) is 20.8 Å². The van der Waals surface area contributed by atoms with Crippen molar-refractivity contribution in [1.82, 2.24) is 10.2 Å². The van der Waals surface area contributed by atoms with Crippen LogP contribution in [0.15, 0.2) is 54.6 Å². The second-order valence-electron chi connectivity index (χ2n) is 5.13. The molecular weight excluding hydrogens is 320 g/mol. The van der Waals surface area contributed by atoms with Gasteiger partial charge in [-0.15, -0.1) is 10.2 Å². The summed E-state index contributed by atoms with van der Waals surface area (Å²) in [5, 5.41) is 14.6. The van der Waals surface area contributed by atoms with Gasteiger partial charge in [0.25, 0.3) is 0 Å². The molecule has 0 fully saturated rings. The van der Waals surface area contributed by atoms with E-state index < -0.39 is 0 Å². The molecule has 2 aromatic carbocycles. The van der Waals surface area contributed by atoms with Crippen molar-refractivity contribution in [3.05, 3.63) is 70.7 Å². The number of amides is 2. The van der Waals surface area contributed by atoms with E-state index in [9.17, 15) is 4.79 Å². The molecule has 0 radical (unpaired) electrons. The Kier molecular flexibility index (Phi) is 4.98. The number of carbonyl (C=O) groups excluding carboxylic acids is 1. The van der Waals surface area contributed by atoms with Crippen molar-refractivity contribution < 1.29 is 4.79 Å². The fourth-order valence-corrected chi connectivity index (χ4v) is 2.62. The molecule has 0 aliphatic heterocycles. The topological polar surface area (TPSA) is 66.9 Å². The lowest BCUT2D eigenvalue weighted by Crippen LogP contribution is -2.19. The summed E-state index contributed by atoms with van der Waals surface area (Å²) in [5.74, 6) is 0. The van der Waals surface area contributed by atoms with Gasteiger partial charge in [-0.2, -0.15) is 0 Å². The van der Waals surface area contributed by atoms with Crippen molar-refractivity contribution in [2.45, 2.75) is 6.92 Å². The number of aromatic nitrogens is 2. The molecule has 2 amide bonds. The molecule has 1 aromatic heterocycles. The maximum absolute atomic E-state index is 12.0. The second kappa shape index (κ2) is 7.52. The van der Waals surface area contributed by atoms with E-state index >= 15 is 0 Å². The van der Waals surface area contributed by atoms with Gasteiger partial charge >= 0.3 is 6.03 Å². The summed E-state index contributed by atoms with van der Waals surface area (Å²) in [6.45, 7) is 2.00. The Morgan fingerprint density at radius 3 is 2.46 bits per heavy atom. The maximum Gasteiger partial charge on any atom is 0.325 e. The highest BCUT2D eigenvalue weighted by Gasteiger charge is 2.07. The highest BCUT2D eigenvalue weighted by atomic mass is 32.1. The molecule has 0 spiro atoms. The number of hydrogen-bond donors (Lipinski definition) is 2. The Hall–Kier alpha value is -2.99. The normalized spacial score (nSPS) is 10.7. The molecular formula is C18H16N4OS. The summed E-state index contributed by atoms with van der Waals surface area (Å²) in [5.41, 5.74) is 2.95. The fourth-order valence-electron chi connectivity index (χ4n) is 1.98. The lowest BCUT2D eigenvalue weighted by molar-refractivity contribution is 0.262. The monoisotopic (exact) mass is 336 g/mol. The minimum Gasteiger partial charge on any atom is -0.308 e. The zero-order chi connectivity index (χ0) is 16.8. The first-order chi connectivity index (χ1) is 11.7. The fraction of sp³-hybridized carbons (Fsp3) is 0.0556. The van der Waals surface area contributed by atoms with Gasteiger partial charge in [0.15, 0.2) is 0 Å². The van der Waals surface area contributed by atoms with Gasteiger partial charge in [0.1, 0.15) is 5.01 Å². The molecule has 0 saturated heterocycles. The van der Waals surface area contributed by atoms with Crippen LogP contribution in [-0.2, 0) is 0 Å². The minimum absolute atomic E-state index is 0.339. The Morgan fingerprint density at radius 1 is 0.958 bits per heavy atom. The molecule has 24 heavy (non-hydrogen) atoms. The number of hydrogen-bond acceptors (Lipinski definition) is 4. The molecule has 0 unspecified atom stereocenters. The van der Waals surface area contributed by atoms with Crippen molar-refractivity contribution >= 4 is 40.3 Å². The molecule has 0 aliphatic carbocycles. The zero-order valence-corrected chi connectivity index (χ0v) is 13.9. The Labute approximate surface area is 144 Å². The first kappa shape index (κ1) is 15.9. The molecule has 3 aromatic rings. The number of carbonyl (C=O) groups is 1. The van der Waals surface area contributed by atoms with Crippen molar-refractivity contribution in [2.24, 2.45) is 0 Å².